The zero-order valence-electron chi connectivity index (χ0n) is 19.1. The van der Waals surface area contributed by atoms with Crippen molar-refractivity contribution < 1.29 is 9.53 Å². The van der Waals surface area contributed by atoms with E-state index in [4.69, 9.17) is 9.84 Å². The smallest absolute Gasteiger partial charge is 0.257 e. The van der Waals surface area contributed by atoms with Crippen LogP contribution in [-0.4, -0.2) is 47.8 Å². The van der Waals surface area contributed by atoms with Crippen molar-refractivity contribution in [2.45, 2.75) is 58.5 Å². The molecule has 2 aliphatic heterocycles. The van der Waals surface area contributed by atoms with Crippen LogP contribution in [0.1, 0.15) is 60.9 Å². The summed E-state index contributed by atoms with van der Waals surface area (Å²) < 4.78 is 5.63. The van der Waals surface area contributed by atoms with Crippen molar-refractivity contribution in [3.8, 4) is 5.75 Å². The molecule has 0 saturated carbocycles. The molecule has 5 nitrogen and oxygen atoms in total. The molecule has 2 aliphatic rings. The Labute approximate surface area is 185 Å². The van der Waals surface area contributed by atoms with Crippen molar-refractivity contribution in [3.05, 3.63) is 64.7 Å². The zero-order valence-corrected chi connectivity index (χ0v) is 19.1. The molecule has 1 fully saturated rings. The van der Waals surface area contributed by atoms with Crippen molar-refractivity contribution in [1.82, 2.24) is 9.91 Å². The van der Waals surface area contributed by atoms with E-state index in [1.807, 2.05) is 24.3 Å². The van der Waals surface area contributed by atoms with Gasteiger partial charge in [-0.1, -0.05) is 36.8 Å². The van der Waals surface area contributed by atoms with Gasteiger partial charge < -0.3 is 4.74 Å². The Bertz CT molecular complexity index is 984. The summed E-state index contributed by atoms with van der Waals surface area (Å²) >= 11 is 0. The first-order valence-corrected chi connectivity index (χ1v) is 11.3. The number of amides is 1. The summed E-state index contributed by atoms with van der Waals surface area (Å²) in [6.45, 7) is 7.85. The third kappa shape index (κ3) is 4.52. The third-order valence-corrected chi connectivity index (χ3v) is 6.78. The van der Waals surface area contributed by atoms with E-state index in [0.29, 0.717) is 19.0 Å². The number of carbonyl (C=O) groups excluding carboxylic acids is 1. The lowest BCUT2D eigenvalue weighted by Crippen LogP contribution is -2.44. The minimum absolute atomic E-state index is 0.0588. The molecular weight excluding hydrogens is 386 g/mol. The van der Waals surface area contributed by atoms with Crippen LogP contribution < -0.4 is 4.74 Å². The number of likely N-dealkylation sites (tertiary alicyclic amines) is 1. The van der Waals surface area contributed by atoms with Gasteiger partial charge in [-0.05, 0) is 69.0 Å². The van der Waals surface area contributed by atoms with Crippen LogP contribution in [0.5, 0.6) is 5.75 Å². The predicted octanol–water partition coefficient (Wildman–Crippen LogP) is 4.86. The molecule has 0 aromatic heterocycles. The second-order valence-electron chi connectivity index (χ2n) is 8.86. The van der Waals surface area contributed by atoms with Crippen LogP contribution in [-0.2, 0) is 4.79 Å². The number of aryl methyl sites for hydroxylation is 2. The molecule has 2 aromatic carbocycles. The molecule has 1 saturated heterocycles. The Morgan fingerprint density at radius 3 is 2.68 bits per heavy atom. The standard InChI is InChI=1S/C26H33N3O2/c1-18-12-13-21(15-19(18)2)23-16-24(22-10-5-6-11-25(22)31-4)29(27-23)26(30)17-28-14-8-7-9-20(28)3/h5-6,10-13,15,20,24H,7-9,14,16-17H2,1-4H3. The van der Waals surface area contributed by atoms with Gasteiger partial charge in [0.2, 0.25) is 0 Å². The van der Waals surface area contributed by atoms with Crippen molar-refractivity contribution in [3.63, 3.8) is 0 Å². The molecule has 0 bridgehead atoms. The largest absolute Gasteiger partial charge is 0.496 e. The summed E-state index contributed by atoms with van der Waals surface area (Å²) in [6, 6.07) is 14.7. The predicted molar refractivity (Wildman–Crippen MR) is 125 cm³/mol. The first kappa shape index (κ1) is 21.6. The normalized spacial score (nSPS) is 21.8. The number of ether oxygens (including phenoxy) is 1. The van der Waals surface area contributed by atoms with Gasteiger partial charge in [0.05, 0.1) is 25.4 Å². The maximum atomic E-state index is 13.5. The fourth-order valence-electron chi connectivity index (χ4n) is 4.66. The van der Waals surface area contributed by atoms with Gasteiger partial charge in [-0.2, -0.15) is 5.10 Å². The summed E-state index contributed by atoms with van der Waals surface area (Å²) in [5.41, 5.74) is 5.55. The number of benzene rings is 2. The highest BCUT2D eigenvalue weighted by molar-refractivity contribution is 6.03. The molecule has 0 aliphatic carbocycles. The summed E-state index contributed by atoms with van der Waals surface area (Å²) in [5, 5.41) is 6.58. The van der Waals surface area contributed by atoms with Crippen LogP contribution in [0.2, 0.25) is 0 Å². The molecule has 2 unspecified atom stereocenters. The Kier molecular flexibility index (Phi) is 6.42. The molecule has 0 spiro atoms. The molecular formula is C26H33N3O2. The molecule has 0 radical (unpaired) electrons. The van der Waals surface area contributed by atoms with E-state index in [-0.39, 0.29) is 11.9 Å². The van der Waals surface area contributed by atoms with E-state index in [9.17, 15) is 4.79 Å². The molecule has 2 heterocycles. The van der Waals surface area contributed by atoms with Crippen LogP contribution in [0, 0.1) is 13.8 Å². The van der Waals surface area contributed by atoms with Crippen LogP contribution >= 0.6 is 0 Å². The van der Waals surface area contributed by atoms with Crippen molar-refractivity contribution in [2.75, 3.05) is 20.2 Å². The molecule has 2 atom stereocenters. The SMILES string of the molecule is COc1ccccc1C1CC(c2ccc(C)c(C)c2)=NN1C(=O)CN1CCCCC1C. The Balaban J connectivity index is 1.66. The first-order chi connectivity index (χ1) is 15.0. The fourth-order valence-corrected chi connectivity index (χ4v) is 4.66. The third-order valence-electron chi connectivity index (χ3n) is 6.78. The molecule has 1 amide bonds. The van der Waals surface area contributed by atoms with E-state index in [2.05, 4.69) is 43.9 Å². The van der Waals surface area contributed by atoms with E-state index in [1.165, 1.54) is 17.5 Å². The number of hydrazone groups is 1. The van der Waals surface area contributed by atoms with Gasteiger partial charge in [-0.25, -0.2) is 5.01 Å². The topological polar surface area (TPSA) is 45.1 Å². The molecule has 5 heteroatoms. The van der Waals surface area contributed by atoms with E-state index in [1.54, 1.807) is 12.1 Å². The monoisotopic (exact) mass is 419 g/mol. The Morgan fingerprint density at radius 1 is 1.13 bits per heavy atom. The lowest BCUT2D eigenvalue weighted by molar-refractivity contribution is -0.135. The lowest BCUT2D eigenvalue weighted by Gasteiger charge is -2.34. The second kappa shape index (κ2) is 9.23. The zero-order chi connectivity index (χ0) is 22.0. The highest BCUT2D eigenvalue weighted by Gasteiger charge is 2.36. The maximum Gasteiger partial charge on any atom is 0.257 e. The van der Waals surface area contributed by atoms with Gasteiger partial charge in [0.1, 0.15) is 5.75 Å². The summed E-state index contributed by atoms with van der Waals surface area (Å²) in [4.78, 5) is 15.8. The highest BCUT2D eigenvalue weighted by atomic mass is 16.5. The van der Waals surface area contributed by atoms with E-state index < -0.39 is 0 Å². The van der Waals surface area contributed by atoms with Crippen LogP contribution in [0.3, 0.4) is 0 Å². The number of para-hydroxylation sites is 1. The Hall–Kier alpha value is -2.66. The minimum Gasteiger partial charge on any atom is -0.496 e. The van der Waals surface area contributed by atoms with Gasteiger partial charge in [-0.3, -0.25) is 9.69 Å². The summed E-state index contributed by atoms with van der Waals surface area (Å²) in [7, 11) is 1.68. The average Bonchev–Trinajstić information content (AvgIpc) is 3.22. The van der Waals surface area contributed by atoms with Crippen molar-refractivity contribution in [1.29, 1.82) is 0 Å². The number of hydrogen-bond donors (Lipinski definition) is 0. The van der Waals surface area contributed by atoms with Gasteiger partial charge in [0, 0.05) is 18.0 Å². The maximum absolute atomic E-state index is 13.5. The Morgan fingerprint density at radius 2 is 1.94 bits per heavy atom. The van der Waals surface area contributed by atoms with Gasteiger partial charge in [0.15, 0.2) is 0 Å². The lowest BCUT2D eigenvalue weighted by atomic mass is 9.96. The molecule has 0 N–H and O–H groups in total. The highest BCUT2D eigenvalue weighted by Crippen LogP contribution is 2.37. The van der Waals surface area contributed by atoms with Crippen LogP contribution in [0.15, 0.2) is 47.6 Å². The first-order valence-electron chi connectivity index (χ1n) is 11.3. The number of carbonyl (C=O) groups is 1. The molecule has 4 rings (SSSR count). The summed E-state index contributed by atoms with van der Waals surface area (Å²) in [5.74, 6) is 0.858. The number of piperidine rings is 1. The van der Waals surface area contributed by atoms with Gasteiger partial charge >= 0.3 is 0 Å². The van der Waals surface area contributed by atoms with Gasteiger partial charge in [0.25, 0.3) is 5.91 Å². The van der Waals surface area contributed by atoms with E-state index in [0.717, 1.165) is 42.0 Å². The molecule has 31 heavy (non-hydrogen) atoms. The fraction of sp³-hybridized carbons (Fsp3) is 0.462. The number of hydrogen-bond acceptors (Lipinski definition) is 4. The quantitative estimate of drug-likeness (QED) is 0.695. The van der Waals surface area contributed by atoms with Crippen LogP contribution in [0.4, 0.5) is 0 Å². The summed E-state index contributed by atoms with van der Waals surface area (Å²) in [6.07, 6.45) is 4.24. The van der Waals surface area contributed by atoms with Gasteiger partial charge in [-0.15, -0.1) is 0 Å². The second-order valence-corrected chi connectivity index (χ2v) is 8.86. The van der Waals surface area contributed by atoms with E-state index >= 15 is 0 Å². The van der Waals surface area contributed by atoms with Crippen molar-refractivity contribution >= 4 is 11.6 Å². The average molecular weight is 420 g/mol. The number of rotatable bonds is 5. The van der Waals surface area contributed by atoms with Crippen LogP contribution in [0.25, 0.3) is 0 Å². The van der Waals surface area contributed by atoms with Crippen molar-refractivity contribution in [2.24, 2.45) is 5.10 Å². The number of nitrogens with zero attached hydrogens (tertiary/aromatic N) is 3. The molecule has 2 aromatic rings. The molecule has 164 valence electrons. The minimum atomic E-state index is -0.152. The number of methoxy groups -OCH3 is 1.